The van der Waals surface area contributed by atoms with Crippen LogP contribution in [0, 0.1) is 0 Å². The number of rotatable bonds is 3. The molecule has 0 saturated heterocycles. The van der Waals surface area contributed by atoms with E-state index in [4.69, 9.17) is 0 Å². The summed E-state index contributed by atoms with van der Waals surface area (Å²) in [4.78, 5) is 12.5. The predicted molar refractivity (Wildman–Crippen MR) is 61.0 cm³/mol. The van der Waals surface area contributed by atoms with Crippen LogP contribution in [0.2, 0.25) is 0 Å². The van der Waals surface area contributed by atoms with Crippen molar-refractivity contribution >= 4 is 21.9 Å². The van der Waals surface area contributed by atoms with Crippen LogP contribution in [0.15, 0.2) is 29.4 Å². The van der Waals surface area contributed by atoms with Gasteiger partial charge >= 0.3 is 0 Å². The Labute approximate surface area is 95.7 Å². The molecule has 0 unspecified atom stereocenters. The molecule has 0 aliphatic carbocycles. The van der Waals surface area contributed by atoms with E-state index in [0.717, 1.165) is 16.8 Å². The standard InChI is InChI=1S/C9H10BrN5/c1-2-12-9-13-5-7(10)8(14-9)15-4-3-11-6-15/h3-6H,2H2,1H3,(H,12,13,14). The molecule has 0 aliphatic rings. The van der Waals surface area contributed by atoms with Gasteiger partial charge in [-0.1, -0.05) is 0 Å². The van der Waals surface area contributed by atoms with Crippen molar-refractivity contribution in [3.63, 3.8) is 0 Å². The molecule has 1 N–H and O–H groups in total. The number of hydrogen-bond donors (Lipinski definition) is 1. The predicted octanol–water partition coefficient (Wildman–Crippen LogP) is 1.86. The highest BCUT2D eigenvalue weighted by molar-refractivity contribution is 9.10. The van der Waals surface area contributed by atoms with Gasteiger partial charge in [-0.2, -0.15) is 4.98 Å². The monoisotopic (exact) mass is 267 g/mol. The summed E-state index contributed by atoms with van der Waals surface area (Å²) in [6, 6.07) is 0. The lowest BCUT2D eigenvalue weighted by Crippen LogP contribution is -2.05. The summed E-state index contributed by atoms with van der Waals surface area (Å²) in [5, 5.41) is 3.06. The number of aromatic nitrogens is 4. The maximum absolute atomic E-state index is 4.36. The van der Waals surface area contributed by atoms with Crippen LogP contribution < -0.4 is 5.32 Å². The fourth-order valence-corrected chi connectivity index (χ4v) is 1.56. The summed E-state index contributed by atoms with van der Waals surface area (Å²) in [6.45, 7) is 2.80. The molecule has 5 nitrogen and oxygen atoms in total. The van der Waals surface area contributed by atoms with E-state index in [0.29, 0.717) is 5.95 Å². The third-order valence-corrected chi connectivity index (χ3v) is 2.37. The lowest BCUT2D eigenvalue weighted by molar-refractivity contribution is 0.953. The largest absolute Gasteiger partial charge is 0.354 e. The summed E-state index contributed by atoms with van der Waals surface area (Å²) in [7, 11) is 0. The Bertz CT molecular complexity index is 440. The molecule has 2 rings (SSSR count). The van der Waals surface area contributed by atoms with Crippen molar-refractivity contribution in [2.24, 2.45) is 0 Å². The van der Waals surface area contributed by atoms with Crippen molar-refractivity contribution in [2.45, 2.75) is 6.92 Å². The second kappa shape index (κ2) is 4.39. The zero-order valence-electron chi connectivity index (χ0n) is 8.18. The summed E-state index contributed by atoms with van der Waals surface area (Å²) < 4.78 is 2.66. The van der Waals surface area contributed by atoms with Gasteiger partial charge in [-0.05, 0) is 22.9 Å². The first-order chi connectivity index (χ1) is 7.31. The topological polar surface area (TPSA) is 55.6 Å². The highest BCUT2D eigenvalue weighted by Crippen LogP contribution is 2.18. The Morgan fingerprint density at radius 3 is 3.07 bits per heavy atom. The number of anilines is 1. The molecular weight excluding hydrogens is 258 g/mol. The second-order valence-electron chi connectivity index (χ2n) is 2.87. The van der Waals surface area contributed by atoms with Gasteiger partial charge in [0.1, 0.15) is 6.33 Å². The number of imidazole rings is 1. The molecule has 0 spiro atoms. The molecule has 0 saturated carbocycles. The molecule has 2 aromatic heterocycles. The molecule has 6 heteroatoms. The van der Waals surface area contributed by atoms with Crippen molar-refractivity contribution in [3.8, 4) is 5.82 Å². The van der Waals surface area contributed by atoms with Gasteiger partial charge in [-0.25, -0.2) is 9.97 Å². The van der Waals surface area contributed by atoms with E-state index in [1.54, 1.807) is 18.7 Å². The van der Waals surface area contributed by atoms with Gasteiger partial charge in [-0.3, -0.25) is 4.57 Å². The molecule has 0 aromatic carbocycles. The van der Waals surface area contributed by atoms with E-state index in [1.165, 1.54) is 0 Å². The van der Waals surface area contributed by atoms with E-state index in [2.05, 4.69) is 36.2 Å². The zero-order chi connectivity index (χ0) is 10.7. The normalized spacial score (nSPS) is 10.3. The van der Waals surface area contributed by atoms with Gasteiger partial charge in [0, 0.05) is 25.1 Å². The smallest absolute Gasteiger partial charge is 0.224 e. The molecule has 0 bridgehead atoms. The van der Waals surface area contributed by atoms with E-state index in [-0.39, 0.29) is 0 Å². The minimum atomic E-state index is 0.615. The molecule has 2 aromatic rings. The molecule has 0 aliphatic heterocycles. The zero-order valence-corrected chi connectivity index (χ0v) is 9.77. The van der Waals surface area contributed by atoms with Crippen molar-refractivity contribution in [1.82, 2.24) is 19.5 Å². The van der Waals surface area contributed by atoms with Gasteiger partial charge in [0.05, 0.1) is 4.47 Å². The lowest BCUT2D eigenvalue weighted by Gasteiger charge is -2.06. The maximum atomic E-state index is 4.36. The van der Waals surface area contributed by atoms with Crippen molar-refractivity contribution in [3.05, 3.63) is 29.4 Å². The fourth-order valence-electron chi connectivity index (χ4n) is 1.17. The summed E-state index contributed by atoms with van der Waals surface area (Å²) in [6.07, 6.45) is 6.97. The van der Waals surface area contributed by atoms with Crippen LogP contribution >= 0.6 is 15.9 Å². The van der Waals surface area contributed by atoms with E-state index in [1.807, 2.05) is 17.7 Å². The van der Waals surface area contributed by atoms with Crippen LogP contribution in [-0.2, 0) is 0 Å². The average Bonchev–Trinajstić information content (AvgIpc) is 2.74. The Kier molecular flexibility index (Phi) is 2.96. The van der Waals surface area contributed by atoms with Crippen LogP contribution in [0.3, 0.4) is 0 Å². The van der Waals surface area contributed by atoms with E-state index < -0.39 is 0 Å². The Morgan fingerprint density at radius 1 is 1.53 bits per heavy atom. The maximum Gasteiger partial charge on any atom is 0.224 e. The molecule has 15 heavy (non-hydrogen) atoms. The Morgan fingerprint density at radius 2 is 2.40 bits per heavy atom. The fraction of sp³-hybridized carbons (Fsp3) is 0.222. The molecule has 0 atom stereocenters. The highest BCUT2D eigenvalue weighted by Gasteiger charge is 2.05. The van der Waals surface area contributed by atoms with Gasteiger partial charge in [-0.15, -0.1) is 0 Å². The second-order valence-corrected chi connectivity index (χ2v) is 3.72. The minimum absolute atomic E-state index is 0.615. The molecule has 2 heterocycles. The first kappa shape index (κ1) is 10.1. The van der Waals surface area contributed by atoms with Crippen LogP contribution in [0.25, 0.3) is 5.82 Å². The first-order valence-electron chi connectivity index (χ1n) is 4.56. The lowest BCUT2D eigenvalue weighted by atomic mass is 10.5. The number of nitrogens with one attached hydrogen (secondary N) is 1. The number of hydrogen-bond acceptors (Lipinski definition) is 4. The third-order valence-electron chi connectivity index (χ3n) is 1.81. The molecule has 0 amide bonds. The highest BCUT2D eigenvalue weighted by atomic mass is 79.9. The third kappa shape index (κ3) is 2.15. The van der Waals surface area contributed by atoms with Crippen molar-refractivity contribution < 1.29 is 0 Å². The van der Waals surface area contributed by atoms with Gasteiger partial charge in [0.25, 0.3) is 0 Å². The summed E-state index contributed by atoms with van der Waals surface area (Å²) in [5.74, 6) is 1.39. The Hall–Kier alpha value is -1.43. The molecule has 78 valence electrons. The van der Waals surface area contributed by atoms with Crippen LogP contribution in [0.1, 0.15) is 6.92 Å². The van der Waals surface area contributed by atoms with Gasteiger partial charge < -0.3 is 5.32 Å². The van der Waals surface area contributed by atoms with Gasteiger partial charge in [0.15, 0.2) is 5.82 Å². The number of halogens is 1. The van der Waals surface area contributed by atoms with Crippen molar-refractivity contribution in [1.29, 1.82) is 0 Å². The molecular formula is C9H10BrN5. The van der Waals surface area contributed by atoms with Crippen LogP contribution in [0.4, 0.5) is 5.95 Å². The van der Waals surface area contributed by atoms with E-state index in [9.17, 15) is 0 Å². The summed E-state index contributed by atoms with van der Waals surface area (Å²) >= 11 is 3.40. The molecule has 0 fully saturated rings. The van der Waals surface area contributed by atoms with Crippen LogP contribution in [-0.4, -0.2) is 26.1 Å². The minimum Gasteiger partial charge on any atom is -0.354 e. The average molecular weight is 268 g/mol. The van der Waals surface area contributed by atoms with Crippen molar-refractivity contribution in [2.75, 3.05) is 11.9 Å². The summed E-state index contributed by atoms with van der Waals surface area (Å²) in [5.41, 5.74) is 0. The molecule has 0 radical (unpaired) electrons. The van der Waals surface area contributed by atoms with E-state index >= 15 is 0 Å². The Balaban J connectivity index is 2.41. The SMILES string of the molecule is CCNc1ncc(Br)c(-n2ccnc2)n1. The van der Waals surface area contributed by atoms with Crippen LogP contribution in [0.5, 0.6) is 0 Å². The number of nitrogens with zero attached hydrogens (tertiary/aromatic N) is 4. The quantitative estimate of drug-likeness (QED) is 0.923. The first-order valence-corrected chi connectivity index (χ1v) is 5.35. The van der Waals surface area contributed by atoms with Gasteiger partial charge in [0.2, 0.25) is 5.95 Å².